The van der Waals surface area contributed by atoms with Gasteiger partial charge in [0.2, 0.25) is 0 Å². The Labute approximate surface area is 135 Å². The number of hydrogen-bond acceptors (Lipinski definition) is 6. The van der Waals surface area contributed by atoms with Crippen molar-refractivity contribution in [2.24, 2.45) is 0 Å². The van der Waals surface area contributed by atoms with Crippen molar-refractivity contribution in [3.63, 3.8) is 0 Å². The van der Waals surface area contributed by atoms with Crippen molar-refractivity contribution in [2.45, 2.75) is 33.1 Å². The van der Waals surface area contributed by atoms with Crippen LogP contribution in [0.2, 0.25) is 0 Å². The van der Waals surface area contributed by atoms with E-state index in [9.17, 15) is 14.4 Å². The van der Waals surface area contributed by atoms with Crippen LogP contribution in [0, 0.1) is 0 Å². The van der Waals surface area contributed by atoms with Gasteiger partial charge in [-0.25, -0.2) is 0 Å². The summed E-state index contributed by atoms with van der Waals surface area (Å²) in [6.45, 7) is 5.76. The van der Waals surface area contributed by atoms with Crippen LogP contribution < -0.4 is 0 Å². The number of ether oxygens (including phenoxy) is 3. The molecule has 126 valence electrons. The van der Waals surface area contributed by atoms with Gasteiger partial charge in [0, 0.05) is 0 Å². The van der Waals surface area contributed by atoms with E-state index >= 15 is 0 Å². The van der Waals surface area contributed by atoms with E-state index in [4.69, 9.17) is 14.2 Å². The molecule has 6 heteroatoms. The molecular weight excluding hydrogens is 300 g/mol. The van der Waals surface area contributed by atoms with E-state index in [2.05, 4.69) is 0 Å². The standard InChI is InChI=1S/C17H22O6/c1-4-21-14(18)11-12-7-9-13(10-8-12)15(16(19)22-5-2)17(20)23-6-3/h7-10,15H,4-6,11H2,1-3H3. The van der Waals surface area contributed by atoms with E-state index in [1.807, 2.05) is 0 Å². The molecule has 0 aliphatic rings. The van der Waals surface area contributed by atoms with Crippen LogP contribution in [0.25, 0.3) is 0 Å². The van der Waals surface area contributed by atoms with E-state index in [1.165, 1.54) is 0 Å². The molecule has 0 amide bonds. The molecule has 0 saturated carbocycles. The van der Waals surface area contributed by atoms with Gasteiger partial charge in [-0.2, -0.15) is 0 Å². The first-order valence-corrected chi connectivity index (χ1v) is 7.61. The maximum atomic E-state index is 12.0. The quantitative estimate of drug-likeness (QED) is 0.414. The fraction of sp³-hybridized carbons (Fsp3) is 0.471. The van der Waals surface area contributed by atoms with Crippen LogP contribution in [0.1, 0.15) is 37.8 Å². The second-order valence-electron chi connectivity index (χ2n) is 4.66. The monoisotopic (exact) mass is 322 g/mol. The van der Waals surface area contributed by atoms with Gasteiger partial charge >= 0.3 is 17.9 Å². The predicted octanol–water partition coefficient (Wildman–Crippen LogP) is 2.00. The van der Waals surface area contributed by atoms with Gasteiger partial charge in [-0.1, -0.05) is 24.3 Å². The minimum absolute atomic E-state index is 0.137. The molecule has 0 bridgehead atoms. The average Bonchev–Trinajstić information content (AvgIpc) is 2.50. The van der Waals surface area contributed by atoms with Gasteiger partial charge < -0.3 is 14.2 Å². The molecule has 0 aromatic heterocycles. The second kappa shape index (κ2) is 9.61. The minimum atomic E-state index is -1.12. The fourth-order valence-electron chi connectivity index (χ4n) is 2.03. The molecule has 0 radical (unpaired) electrons. The van der Waals surface area contributed by atoms with Crippen LogP contribution in [0.3, 0.4) is 0 Å². The topological polar surface area (TPSA) is 78.9 Å². The molecule has 0 aliphatic heterocycles. The molecule has 6 nitrogen and oxygen atoms in total. The normalized spacial score (nSPS) is 10.3. The average molecular weight is 322 g/mol. The van der Waals surface area contributed by atoms with Crippen molar-refractivity contribution in [1.82, 2.24) is 0 Å². The first-order valence-electron chi connectivity index (χ1n) is 7.61. The predicted molar refractivity (Wildman–Crippen MR) is 82.8 cm³/mol. The summed E-state index contributed by atoms with van der Waals surface area (Å²) in [7, 11) is 0. The number of benzene rings is 1. The maximum Gasteiger partial charge on any atom is 0.324 e. The van der Waals surface area contributed by atoms with Crippen molar-refractivity contribution in [3.05, 3.63) is 35.4 Å². The van der Waals surface area contributed by atoms with Crippen molar-refractivity contribution < 1.29 is 28.6 Å². The summed E-state index contributed by atoms with van der Waals surface area (Å²) in [5, 5.41) is 0. The third kappa shape index (κ3) is 5.73. The number of carbonyl (C=O) groups is 3. The molecule has 0 N–H and O–H groups in total. The Bertz CT molecular complexity index is 517. The van der Waals surface area contributed by atoms with Crippen molar-refractivity contribution in [1.29, 1.82) is 0 Å². The number of esters is 3. The summed E-state index contributed by atoms with van der Waals surface area (Å²) in [6.07, 6.45) is 0.137. The summed E-state index contributed by atoms with van der Waals surface area (Å²) in [5.41, 5.74) is 1.20. The first-order chi connectivity index (χ1) is 11.0. The highest BCUT2D eigenvalue weighted by Gasteiger charge is 2.31. The van der Waals surface area contributed by atoms with E-state index in [-0.39, 0.29) is 25.6 Å². The van der Waals surface area contributed by atoms with Gasteiger partial charge in [-0.3, -0.25) is 14.4 Å². The van der Waals surface area contributed by atoms with Crippen LogP contribution in [0.5, 0.6) is 0 Å². The maximum absolute atomic E-state index is 12.0. The number of hydrogen-bond donors (Lipinski definition) is 0. The SMILES string of the molecule is CCOC(=O)Cc1ccc(C(C(=O)OCC)C(=O)OCC)cc1. The van der Waals surface area contributed by atoms with Gasteiger partial charge in [0.1, 0.15) is 0 Å². The van der Waals surface area contributed by atoms with Crippen molar-refractivity contribution >= 4 is 17.9 Å². The van der Waals surface area contributed by atoms with Crippen LogP contribution in [-0.2, 0) is 35.0 Å². The molecule has 0 heterocycles. The highest BCUT2D eigenvalue weighted by molar-refractivity contribution is 6.00. The third-order valence-electron chi connectivity index (χ3n) is 3.01. The van der Waals surface area contributed by atoms with Gasteiger partial charge in [-0.15, -0.1) is 0 Å². The van der Waals surface area contributed by atoms with Crippen LogP contribution in [0.4, 0.5) is 0 Å². The fourth-order valence-corrected chi connectivity index (χ4v) is 2.03. The summed E-state index contributed by atoms with van der Waals surface area (Å²) < 4.78 is 14.8. The van der Waals surface area contributed by atoms with E-state index in [0.29, 0.717) is 12.2 Å². The Morgan fingerprint density at radius 1 is 0.826 bits per heavy atom. The Hall–Kier alpha value is -2.37. The lowest BCUT2D eigenvalue weighted by atomic mass is 9.97. The highest BCUT2D eigenvalue weighted by Crippen LogP contribution is 2.20. The molecule has 0 aliphatic carbocycles. The third-order valence-corrected chi connectivity index (χ3v) is 3.01. The van der Waals surface area contributed by atoms with Gasteiger partial charge in [0.25, 0.3) is 0 Å². The zero-order valence-corrected chi connectivity index (χ0v) is 13.7. The van der Waals surface area contributed by atoms with Gasteiger partial charge in [-0.05, 0) is 31.9 Å². The Morgan fingerprint density at radius 2 is 1.30 bits per heavy atom. The lowest BCUT2D eigenvalue weighted by Crippen LogP contribution is -2.26. The van der Waals surface area contributed by atoms with E-state index in [1.54, 1.807) is 45.0 Å². The van der Waals surface area contributed by atoms with Crippen LogP contribution >= 0.6 is 0 Å². The molecular formula is C17H22O6. The highest BCUT2D eigenvalue weighted by atomic mass is 16.6. The largest absolute Gasteiger partial charge is 0.466 e. The molecule has 0 atom stereocenters. The lowest BCUT2D eigenvalue weighted by Gasteiger charge is -2.15. The number of carbonyl (C=O) groups excluding carboxylic acids is 3. The van der Waals surface area contributed by atoms with Gasteiger partial charge in [0.15, 0.2) is 5.92 Å². The molecule has 0 saturated heterocycles. The van der Waals surface area contributed by atoms with Crippen LogP contribution in [-0.4, -0.2) is 37.7 Å². The smallest absolute Gasteiger partial charge is 0.324 e. The van der Waals surface area contributed by atoms with Crippen molar-refractivity contribution in [3.8, 4) is 0 Å². The van der Waals surface area contributed by atoms with Crippen molar-refractivity contribution in [2.75, 3.05) is 19.8 Å². The first kappa shape index (κ1) is 18.7. The Balaban J connectivity index is 2.92. The Kier molecular flexibility index (Phi) is 7.80. The van der Waals surface area contributed by atoms with Crippen LogP contribution in [0.15, 0.2) is 24.3 Å². The van der Waals surface area contributed by atoms with Gasteiger partial charge in [0.05, 0.1) is 26.2 Å². The molecule has 1 aromatic rings. The zero-order valence-electron chi connectivity index (χ0n) is 13.7. The summed E-state index contributed by atoms with van der Waals surface area (Å²) >= 11 is 0. The minimum Gasteiger partial charge on any atom is -0.466 e. The molecule has 0 fully saturated rings. The Morgan fingerprint density at radius 3 is 1.74 bits per heavy atom. The summed E-state index contributed by atoms with van der Waals surface area (Å²) in [6, 6.07) is 6.59. The zero-order chi connectivity index (χ0) is 17.2. The molecule has 0 spiro atoms. The number of rotatable bonds is 8. The summed E-state index contributed by atoms with van der Waals surface area (Å²) in [5.74, 6) is -2.74. The lowest BCUT2D eigenvalue weighted by molar-refractivity contribution is -0.157. The molecule has 23 heavy (non-hydrogen) atoms. The second-order valence-corrected chi connectivity index (χ2v) is 4.66. The van der Waals surface area contributed by atoms with E-state index < -0.39 is 17.9 Å². The van der Waals surface area contributed by atoms with E-state index in [0.717, 1.165) is 5.56 Å². The molecule has 1 aromatic carbocycles. The molecule has 0 unspecified atom stereocenters. The summed E-state index contributed by atoms with van der Waals surface area (Å²) in [4.78, 5) is 35.5. The molecule has 1 rings (SSSR count).